The fraction of sp³-hybridized carbons (Fsp3) is 1.00. The highest BCUT2D eigenvalue weighted by Crippen LogP contribution is 2.10. The molecule has 1 atom stereocenters. The van der Waals surface area contributed by atoms with E-state index >= 15 is 0 Å². The Morgan fingerprint density at radius 1 is 1.50 bits per heavy atom. The number of thioether (sulfide) groups is 1. The molecule has 6 heteroatoms. The van der Waals surface area contributed by atoms with Crippen LogP contribution in [0, 0.1) is 0 Å². The highest BCUT2D eigenvalue weighted by molar-refractivity contribution is 7.98. The maximum Gasteiger partial charge on any atom is 0.215 e. The van der Waals surface area contributed by atoms with Crippen LogP contribution in [0.25, 0.3) is 0 Å². The summed E-state index contributed by atoms with van der Waals surface area (Å²) in [6.07, 6.45) is 2.89. The lowest BCUT2D eigenvalue weighted by Crippen LogP contribution is -2.38. The SMILES string of the molecule is CSCCC(C)N(C)S(=O)(=O)CCN. The smallest absolute Gasteiger partial charge is 0.215 e. The van der Waals surface area contributed by atoms with Crippen LogP contribution >= 0.6 is 11.8 Å². The molecule has 0 fully saturated rings. The highest BCUT2D eigenvalue weighted by atomic mass is 32.2. The molecule has 14 heavy (non-hydrogen) atoms. The third-order valence-electron chi connectivity index (χ3n) is 2.18. The summed E-state index contributed by atoms with van der Waals surface area (Å²) >= 11 is 1.73. The van der Waals surface area contributed by atoms with E-state index in [1.807, 2.05) is 13.2 Å². The molecule has 0 aliphatic heterocycles. The van der Waals surface area contributed by atoms with Gasteiger partial charge in [0, 0.05) is 19.6 Å². The molecule has 0 spiro atoms. The van der Waals surface area contributed by atoms with E-state index in [0.717, 1.165) is 12.2 Å². The van der Waals surface area contributed by atoms with E-state index in [2.05, 4.69) is 0 Å². The Morgan fingerprint density at radius 2 is 2.07 bits per heavy atom. The fourth-order valence-electron chi connectivity index (χ4n) is 1.04. The van der Waals surface area contributed by atoms with Crippen LogP contribution in [-0.2, 0) is 10.0 Å². The molecule has 0 bridgehead atoms. The standard InChI is InChI=1S/C8H20N2O2S2/c1-8(4-6-13-3)10(2)14(11,12)7-5-9/h8H,4-7,9H2,1-3H3. The normalized spacial score (nSPS) is 14.6. The van der Waals surface area contributed by atoms with Crippen LogP contribution in [0.5, 0.6) is 0 Å². The van der Waals surface area contributed by atoms with Gasteiger partial charge < -0.3 is 5.73 Å². The Bertz CT molecular complexity index is 242. The molecule has 0 radical (unpaired) electrons. The predicted octanol–water partition coefficient (Wildman–Crippen LogP) is 0.348. The van der Waals surface area contributed by atoms with E-state index in [4.69, 9.17) is 5.73 Å². The monoisotopic (exact) mass is 240 g/mol. The van der Waals surface area contributed by atoms with Gasteiger partial charge in [-0.2, -0.15) is 11.8 Å². The first-order chi connectivity index (χ1) is 6.45. The van der Waals surface area contributed by atoms with Crippen LogP contribution in [0.2, 0.25) is 0 Å². The van der Waals surface area contributed by atoms with E-state index in [0.29, 0.717) is 0 Å². The molecule has 0 aliphatic rings. The zero-order valence-electron chi connectivity index (χ0n) is 9.06. The third kappa shape index (κ3) is 4.63. The zero-order valence-corrected chi connectivity index (χ0v) is 10.7. The summed E-state index contributed by atoms with van der Waals surface area (Å²) in [7, 11) is -1.52. The van der Waals surface area contributed by atoms with Crippen molar-refractivity contribution >= 4 is 21.8 Å². The van der Waals surface area contributed by atoms with E-state index in [1.165, 1.54) is 4.31 Å². The van der Waals surface area contributed by atoms with Crippen molar-refractivity contribution in [3.63, 3.8) is 0 Å². The van der Waals surface area contributed by atoms with Crippen molar-refractivity contribution in [2.24, 2.45) is 5.73 Å². The van der Waals surface area contributed by atoms with Crippen molar-refractivity contribution in [3.05, 3.63) is 0 Å². The van der Waals surface area contributed by atoms with Gasteiger partial charge in [-0.25, -0.2) is 12.7 Å². The molecule has 0 aromatic rings. The largest absolute Gasteiger partial charge is 0.329 e. The Balaban J connectivity index is 4.22. The summed E-state index contributed by atoms with van der Waals surface area (Å²) in [5, 5.41) is 0. The molecule has 0 saturated heterocycles. The summed E-state index contributed by atoms with van der Waals surface area (Å²) in [5.74, 6) is 1.01. The first kappa shape index (κ1) is 14.2. The van der Waals surface area contributed by atoms with Gasteiger partial charge in [-0.3, -0.25) is 0 Å². The number of nitrogens with two attached hydrogens (primary N) is 1. The quantitative estimate of drug-likeness (QED) is 0.697. The average molecular weight is 240 g/mol. The number of hydrogen-bond donors (Lipinski definition) is 1. The summed E-state index contributed by atoms with van der Waals surface area (Å²) in [5.41, 5.74) is 5.24. The molecule has 0 saturated carbocycles. The molecule has 2 N–H and O–H groups in total. The van der Waals surface area contributed by atoms with Gasteiger partial charge in [0.1, 0.15) is 0 Å². The van der Waals surface area contributed by atoms with E-state index < -0.39 is 10.0 Å². The lowest BCUT2D eigenvalue weighted by atomic mass is 10.3. The Labute approximate surface area is 91.3 Å². The van der Waals surface area contributed by atoms with Gasteiger partial charge in [0.2, 0.25) is 10.0 Å². The molecule has 0 aromatic carbocycles. The highest BCUT2D eigenvalue weighted by Gasteiger charge is 2.21. The lowest BCUT2D eigenvalue weighted by Gasteiger charge is -2.23. The summed E-state index contributed by atoms with van der Waals surface area (Å²) < 4.78 is 24.6. The minimum absolute atomic E-state index is 0.0348. The van der Waals surface area contributed by atoms with Crippen molar-refractivity contribution < 1.29 is 8.42 Å². The van der Waals surface area contributed by atoms with Crippen LogP contribution in [0.15, 0.2) is 0 Å². The Hall–Kier alpha value is 0.220. The number of sulfonamides is 1. The summed E-state index contributed by atoms with van der Waals surface area (Å²) in [6.45, 7) is 2.10. The van der Waals surface area contributed by atoms with Gasteiger partial charge in [-0.15, -0.1) is 0 Å². The first-order valence-electron chi connectivity index (χ1n) is 4.60. The number of hydrogen-bond acceptors (Lipinski definition) is 4. The lowest BCUT2D eigenvalue weighted by molar-refractivity contribution is 0.382. The number of nitrogens with zero attached hydrogens (tertiary/aromatic N) is 1. The molecule has 1 unspecified atom stereocenters. The minimum Gasteiger partial charge on any atom is -0.329 e. The van der Waals surface area contributed by atoms with E-state index in [1.54, 1.807) is 18.8 Å². The second-order valence-electron chi connectivity index (χ2n) is 3.25. The molecule has 0 heterocycles. The Kier molecular flexibility index (Phi) is 6.76. The van der Waals surface area contributed by atoms with Gasteiger partial charge >= 0.3 is 0 Å². The topological polar surface area (TPSA) is 63.4 Å². The Morgan fingerprint density at radius 3 is 2.50 bits per heavy atom. The van der Waals surface area contributed by atoms with E-state index in [-0.39, 0.29) is 18.3 Å². The molecular formula is C8H20N2O2S2. The van der Waals surface area contributed by atoms with Crippen molar-refractivity contribution in [1.29, 1.82) is 0 Å². The molecule has 0 rings (SSSR count). The molecule has 0 aliphatic carbocycles. The van der Waals surface area contributed by atoms with Gasteiger partial charge in [0.15, 0.2) is 0 Å². The van der Waals surface area contributed by atoms with Gasteiger partial charge in [0.05, 0.1) is 5.75 Å². The summed E-state index contributed by atoms with van der Waals surface area (Å²) in [6, 6.07) is 0.0546. The fourth-order valence-corrected chi connectivity index (χ4v) is 2.85. The first-order valence-corrected chi connectivity index (χ1v) is 7.60. The predicted molar refractivity (Wildman–Crippen MR) is 63.1 cm³/mol. The van der Waals surface area contributed by atoms with Crippen molar-refractivity contribution in [2.75, 3.05) is 31.4 Å². The van der Waals surface area contributed by atoms with E-state index in [9.17, 15) is 8.42 Å². The molecular weight excluding hydrogens is 220 g/mol. The zero-order chi connectivity index (χ0) is 11.2. The number of rotatable bonds is 7. The van der Waals surface area contributed by atoms with Crippen LogP contribution < -0.4 is 5.73 Å². The van der Waals surface area contributed by atoms with Gasteiger partial charge in [0.25, 0.3) is 0 Å². The molecule has 86 valence electrons. The van der Waals surface area contributed by atoms with Crippen molar-refractivity contribution in [2.45, 2.75) is 19.4 Å². The second kappa shape index (κ2) is 6.66. The average Bonchev–Trinajstić information content (AvgIpc) is 2.12. The molecule has 0 amide bonds. The molecule has 4 nitrogen and oxygen atoms in total. The maximum atomic E-state index is 11.6. The third-order valence-corrected chi connectivity index (χ3v) is 4.81. The minimum atomic E-state index is -3.14. The van der Waals surface area contributed by atoms with Crippen LogP contribution in [0.3, 0.4) is 0 Å². The van der Waals surface area contributed by atoms with Crippen molar-refractivity contribution in [1.82, 2.24) is 4.31 Å². The maximum absolute atomic E-state index is 11.6. The van der Waals surface area contributed by atoms with Gasteiger partial charge in [-0.05, 0) is 25.4 Å². The van der Waals surface area contributed by atoms with Crippen LogP contribution in [0.4, 0.5) is 0 Å². The summed E-state index contributed by atoms with van der Waals surface area (Å²) in [4.78, 5) is 0. The van der Waals surface area contributed by atoms with Crippen LogP contribution in [-0.4, -0.2) is 50.1 Å². The molecule has 0 aromatic heterocycles. The van der Waals surface area contributed by atoms with Crippen molar-refractivity contribution in [3.8, 4) is 0 Å². The van der Waals surface area contributed by atoms with Crippen LogP contribution in [0.1, 0.15) is 13.3 Å². The second-order valence-corrected chi connectivity index (χ2v) is 6.39. The van der Waals surface area contributed by atoms with Gasteiger partial charge in [-0.1, -0.05) is 0 Å².